The lowest BCUT2D eigenvalue weighted by Gasteiger charge is -2.21. The third-order valence-corrected chi connectivity index (χ3v) is 4.75. The molecule has 1 unspecified atom stereocenters. The monoisotopic (exact) mass is 370 g/mol. The molecule has 1 amide bonds. The standard InChI is InChI=1S/C15H16BrFN2OS/c1-8(2)14(13-4-3-5-21-13)19-15(20)9-6-12(18)11(17)7-10(9)16/h3-8,14H,18H2,1-2H3,(H,19,20). The molecule has 1 aromatic heterocycles. The fourth-order valence-electron chi connectivity index (χ4n) is 1.99. The number of rotatable bonds is 4. The summed E-state index contributed by atoms with van der Waals surface area (Å²) in [5.74, 6) is -0.582. The number of thiophene rings is 1. The minimum Gasteiger partial charge on any atom is -0.396 e. The van der Waals surface area contributed by atoms with E-state index in [0.717, 1.165) is 4.88 Å². The molecule has 0 aliphatic heterocycles. The largest absolute Gasteiger partial charge is 0.396 e. The molecule has 1 atom stereocenters. The zero-order valence-corrected chi connectivity index (χ0v) is 14.1. The molecular weight excluding hydrogens is 355 g/mol. The maximum Gasteiger partial charge on any atom is 0.253 e. The van der Waals surface area contributed by atoms with Gasteiger partial charge in [0.05, 0.1) is 17.3 Å². The molecule has 0 aliphatic rings. The second-order valence-electron chi connectivity index (χ2n) is 5.06. The maximum absolute atomic E-state index is 13.4. The van der Waals surface area contributed by atoms with Gasteiger partial charge < -0.3 is 11.1 Å². The van der Waals surface area contributed by atoms with E-state index in [-0.39, 0.29) is 23.6 Å². The molecule has 2 aromatic rings. The first-order valence-electron chi connectivity index (χ1n) is 6.49. The molecule has 0 fully saturated rings. The smallest absolute Gasteiger partial charge is 0.253 e. The minimum atomic E-state index is -0.544. The van der Waals surface area contributed by atoms with Crippen LogP contribution in [-0.2, 0) is 0 Å². The first-order chi connectivity index (χ1) is 9.90. The number of anilines is 1. The van der Waals surface area contributed by atoms with E-state index in [1.54, 1.807) is 11.3 Å². The van der Waals surface area contributed by atoms with Crippen molar-refractivity contribution < 1.29 is 9.18 Å². The summed E-state index contributed by atoms with van der Waals surface area (Å²) in [6.07, 6.45) is 0. The summed E-state index contributed by atoms with van der Waals surface area (Å²) in [4.78, 5) is 13.5. The average molecular weight is 371 g/mol. The molecule has 0 aliphatic carbocycles. The summed E-state index contributed by atoms with van der Waals surface area (Å²) in [5, 5.41) is 4.96. The lowest BCUT2D eigenvalue weighted by Crippen LogP contribution is -2.31. The number of hydrogen-bond acceptors (Lipinski definition) is 3. The van der Waals surface area contributed by atoms with E-state index in [4.69, 9.17) is 5.73 Å². The molecule has 0 saturated heterocycles. The van der Waals surface area contributed by atoms with Crippen molar-refractivity contribution in [1.82, 2.24) is 5.32 Å². The number of carbonyl (C=O) groups excluding carboxylic acids is 1. The van der Waals surface area contributed by atoms with Crippen molar-refractivity contribution in [1.29, 1.82) is 0 Å². The van der Waals surface area contributed by atoms with E-state index in [1.807, 2.05) is 31.4 Å². The first-order valence-corrected chi connectivity index (χ1v) is 8.16. The average Bonchev–Trinajstić information content (AvgIpc) is 2.93. The van der Waals surface area contributed by atoms with Gasteiger partial charge in [-0.1, -0.05) is 19.9 Å². The zero-order valence-electron chi connectivity index (χ0n) is 11.7. The normalized spacial score (nSPS) is 12.4. The number of carbonyl (C=O) groups is 1. The number of benzene rings is 1. The van der Waals surface area contributed by atoms with Crippen LogP contribution < -0.4 is 11.1 Å². The molecular formula is C15H16BrFN2OS. The second-order valence-corrected chi connectivity index (χ2v) is 6.90. The lowest BCUT2D eigenvalue weighted by molar-refractivity contribution is 0.0926. The molecule has 21 heavy (non-hydrogen) atoms. The quantitative estimate of drug-likeness (QED) is 0.785. The summed E-state index contributed by atoms with van der Waals surface area (Å²) in [6.45, 7) is 4.08. The SMILES string of the molecule is CC(C)C(NC(=O)c1cc(N)c(F)cc1Br)c1cccs1. The predicted octanol–water partition coefficient (Wildman–Crippen LogP) is 4.36. The van der Waals surface area contributed by atoms with Gasteiger partial charge >= 0.3 is 0 Å². The Labute approximate surface area is 135 Å². The highest BCUT2D eigenvalue weighted by atomic mass is 79.9. The summed E-state index contributed by atoms with van der Waals surface area (Å²) in [6, 6.07) is 6.41. The van der Waals surface area contributed by atoms with Crippen LogP contribution in [0, 0.1) is 11.7 Å². The Morgan fingerprint density at radius 1 is 1.43 bits per heavy atom. The summed E-state index contributed by atoms with van der Waals surface area (Å²) in [7, 11) is 0. The first kappa shape index (κ1) is 16.0. The molecule has 2 rings (SSSR count). The zero-order chi connectivity index (χ0) is 15.6. The third kappa shape index (κ3) is 3.63. The van der Waals surface area contributed by atoms with Crippen LogP contribution in [0.2, 0.25) is 0 Å². The highest BCUT2D eigenvalue weighted by Crippen LogP contribution is 2.28. The van der Waals surface area contributed by atoms with Crippen LogP contribution in [0.25, 0.3) is 0 Å². The topological polar surface area (TPSA) is 55.1 Å². The molecule has 0 radical (unpaired) electrons. The van der Waals surface area contributed by atoms with Gasteiger partial charge in [0.1, 0.15) is 5.82 Å². The third-order valence-electron chi connectivity index (χ3n) is 3.13. The van der Waals surface area contributed by atoms with Crippen molar-refractivity contribution in [2.24, 2.45) is 5.92 Å². The Bertz CT molecular complexity index is 643. The molecule has 0 bridgehead atoms. The van der Waals surface area contributed by atoms with Crippen LogP contribution in [0.3, 0.4) is 0 Å². The second kappa shape index (κ2) is 6.58. The van der Waals surface area contributed by atoms with Gasteiger partial charge in [0.25, 0.3) is 5.91 Å². The van der Waals surface area contributed by atoms with Crippen molar-refractivity contribution in [2.75, 3.05) is 5.73 Å². The van der Waals surface area contributed by atoms with Crippen molar-refractivity contribution in [3.63, 3.8) is 0 Å². The fraction of sp³-hybridized carbons (Fsp3) is 0.267. The maximum atomic E-state index is 13.4. The van der Waals surface area contributed by atoms with Crippen LogP contribution in [-0.4, -0.2) is 5.91 Å². The number of nitrogen functional groups attached to an aromatic ring is 1. The number of hydrogen-bond donors (Lipinski definition) is 2. The minimum absolute atomic E-state index is 0.0411. The molecule has 6 heteroatoms. The number of nitrogens with two attached hydrogens (primary N) is 1. The molecule has 3 N–H and O–H groups in total. The van der Waals surface area contributed by atoms with Crippen LogP contribution in [0.1, 0.15) is 35.1 Å². The Kier molecular flexibility index (Phi) is 5.00. The van der Waals surface area contributed by atoms with E-state index in [0.29, 0.717) is 10.0 Å². The molecule has 0 saturated carbocycles. The Hall–Kier alpha value is -1.40. The molecule has 1 heterocycles. The van der Waals surface area contributed by atoms with Crippen molar-refractivity contribution in [2.45, 2.75) is 19.9 Å². The lowest BCUT2D eigenvalue weighted by atomic mass is 10.0. The highest BCUT2D eigenvalue weighted by Gasteiger charge is 2.21. The van der Waals surface area contributed by atoms with Gasteiger partial charge in [0.2, 0.25) is 0 Å². The van der Waals surface area contributed by atoms with Gasteiger partial charge in [-0.3, -0.25) is 4.79 Å². The van der Waals surface area contributed by atoms with E-state index in [2.05, 4.69) is 21.2 Å². The van der Waals surface area contributed by atoms with Crippen molar-refractivity contribution >= 4 is 38.9 Å². The van der Waals surface area contributed by atoms with Crippen molar-refractivity contribution in [3.8, 4) is 0 Å². The van der Waals surface area contributed by atoms with E-state index in [9.17, 15) is 9.18 Å². The van der Waals surface area contributed by atoms with Crippen LogP contribution >= 0.6 is 27.3 Å². The van der Waals surface area contributed by atoms with Gasteiger partial charge in [-0.2, -0.15) is 0 Å². The van der Waals surface area contributed by atoms with Crippen LogP contribution in [0.4, 0.5) is 10.1 Å². The summed E-state index contributed by atoms with van der Waals surface area (Å²) >= 11 is 4.80. The molecule has 1 aromatic carbocycles. The number of amides is 1. The predicted molar refractivity (Wildman–Crippen MR) is 87.9 cm³/mol. The van der Waals surface area contributed by atoms with E-state index < -0.39 is 5.82 Å². The summed E-state index contributed by atoms with van der Waals surface area (Å²) in [5.41, 5.74) is 5.83. The van der Waals surface area contributed by atoms with Crippen LogP contribution in [0.5, 0.6) is 0 Å². The van der Waals surface area contributed by atoms with Crippen LogP contribution in [0.15, 0.2) is 34.1 Å². The highest BCUT2D eigenvalue weighted by molar-refractivity contribution is 9.10. The Balaban J connectivity index is 2.26. The van der Waals surface area contributed by atoms with E-state index >= 15 is 0 Å². The number of halogens is 2. The van der Waals surface area contributed by atoms with E-state index in [1.165, 1.54) is 12.1 Å². The Morgan fingerprint density at radius 2 is 2.14 bits per heavy atom. The fourth-order valence-corrected chi connectivity index (χ4v) is 3.44. The van der Waals surface area contributed by atoms with Gasteiger partial charge in [0.15, 0.2) is 0 Å². The molecule has 0 spiro atoms. The van der Waals surface area contributed by atoms with Gasteiger partial charge in [0, 0.05) is 9.35 Å². The van der Waals surface area contributed by atoms with Crippen molar-refractivity contribution in [3.05, 3.63) is 50.4 Å². The van der Waals surface area contributed by atoms with Gasteiger partial charge in [-0.05, 0) is 45.4 Å². The molecule has 3 nitrogen and oxygen atoms in total. The molecule has 112 valence electrons. The summed E-state index contributed by atoms with van der Waals surface area (Å²) < 4.78 is 13.7. The van der Waals surface area contributed by atoms with Gasteiger partial charge in [-0.15, -0.1) is 11.3 Å². The Morgan fingerprint density at radius 3 is 2.71 bits per heavy atom. The number of nitrogens with one attached hydrogen (secondary N) is 1. The van der Waals surface area contributed by atoms with Gasteiger partial charge in [-0.25, -0.2) is 4.39 Å².